The van der Waals surface area contributed by atoms with Gasteiger partial charge in [-0.25, -0.2) is 0 Å². The zero-order chi connectivity index (χ0) is 13.7. The second kappa shape index (κ2) is 7.84. The minimum Gasteiger partial charge on any atom is -0.345 e. The summed E-state index contributed by atoms with van der Waals surface area (Å²) < 4.78 is 0. The van der Waals surface area contributed by atoms with Crippen LogP contribution in [0.15, 0.2) is 0 Å². The highest BCUT2D eigenvalue weighted by molar-refractivity contribution is 5.90. The number of nitrogens with zero attached hydrogens (tertiary/aromatic N) is 1. The Bertz CT molecular complexity index is 337. The topological polar surface area (TPSA) is 61.4 Å². The van der Waals surface area contributed by atoms with E-state index in [1.165, 1.54) is 6.42 Å². The Morgan fingerprint density at radius 2 is 1.90 bits per heavy atom. The standard InChI is InChI=1S/C14H25N3O2.ClH/c1-2-14(7-6-8-16-14)13(19)15-11-12(18)17-9-4-3-5-10-17;/h16H,2-11H2,1H3,(H,15,19);1H. The van der Waals surface area contributed by atoms with Crippen LogP contribution in [0, 0.1) is 0 Å². The van der Waals surface area contributed by atoms with Gasteiger partial charge in [-0.05, 0) is 45.1 Å². The molecule has 2 rings (SSSR count). The smallest absolute Gasteiger partial charge is 0.241 e. The average Bonchev–Trinajstić information content (AvgIpc) is 2.95. The molecular formula is C14H26ClN3O2. The number of likely N-dealkylation sites (tertiary alicyclic amines) is 1. The zero-order valence-corrected chi connectivity index (χ0v) is 13.1. The molecule has 0 radical (unpaired) electrons. The number of nitrogens with one attached hydrogen (secondary N) is 2. The number of rotatable bonds is 4. The molecule has 6 heteroatoms. The minimum atomic E-state index is -0.442. The van der Waals surface area contributed by atoms with E-state index in [1.807, 2.05) is 11.8 Å². The summed E-state index contributed by atoms with van der Waals surface area (Å²) in [7, 11) is 0. The fraction of sp³-hybridized carbons (Fsp3) is 0.857. The highest BCUT2D eigenvalue weighted by Gasteiger charge is 2.39. The van der Waals surface area contributed by atoms with Gasteiger partial charge in [0.15, 0.2) is 0 Å². The van der Waals surface area contributed by atoms with E-state index in [4.69, 9.17) is 0 Å². The van der Waals surface area contributed by atoms with Crippen LogP contribution in [0.1, 0.15) is 45.4 Å². The maximum absolute atomic E-state index is 12.2. The lowest BCUT2D eigenvalue weighted by Crippen LogP contribution is -2.55. The maximum atomic E-state index is 12.2. The summed E-state index contributed by atoms with van der Waals surface area (Å²) in [4.78, 5) is 26.1. The van der Waals surface area contributed by atoms with Gasteiger partial charge in [-0.1, -0.05) is 6.92 Å². The first-order valence-electron chi connectivity index (χ1n) is 7.49. The van der Waals surface area contributed by atoms with E-state index < -0.39 is 5.54 Å². The third kappa shape index (κ3) is 3.85. The summed E-state index contributed by atoms with van der Waals surface area (Å²) in [6.45, 7) is 4.73. The van der Waals surface area contributed by atoms with Crippen molar-refractivity contribution in [2.45, 2.75) is 51.0 Å². The molecule has 2 saturated heterocycles. The second-order valence-corrected chi connectivity index (χ2v) is 5.59. The summed E-state index contributed by atoms with van der Waals surface area (Å²) in [5.41, 5.74) is -0.442. The Morgan fingerprint density at radius 1 is 1.20 bits per heavy atom. The Balaban J connectivity index is 0.00000200. The number of halogens is 1. The lowest BCUT2D eigenvalue weighted by atomic mass is 9.93. The zero-order valence-electron chi connectivity index (χ0n) is 12.2. The van der Waals surface area contributed by atoms with E-state index in [1.54, 1.807) is 0 Å². The van der Waals surface area contributed by atoms with Crippen molar-refractivity contribution in [3.63, 3.8) is 0 Å². The van der Waals surface area contributed by atoms with Crippen molar-refractivity contribution in [1.29, 1.82) is 0 Å². The molecular weight excluding hydrogens is 278 g/mol. The predicted molar refractivity (Wildman–Crippen MR) is 80.9 cm³/mol. The van der Waals surface area contributed by atoms with Gasteiger partial charge in [-0.15, -0.1) is 12.4 Å². The third-order valence-electron chi connectivity index (χ3n) is 4.39. The Morgan fingerprint density at radius 3 is 2.45 bits per heavy atom. The van der Waals surface area contributed by atoms with Gasteiger partial charge in [0.1, 0.15) is 0 Å². The first kappa shape index (κ1) is 17.2. The molecule has 2 fully saturated rings. The molecule has 5 nitrogen and oxygen atoms in total. The molecule has 0 spiro atoms. The van der Waals surface area contributed by atoms with Gasteiger partial charge in [0.25, 0.3) is 0 Å². The fourth-order valence-electron chi connectivity index (χ4n) is 3.04. The van der Waals surface area contributed by atoms with E-state index in [2.05, 4.69) is 10.6 Å². The molecule has 0 aromatic carbocycles. The van der Waals surface area contributed by atoms with Gasteiger partial charge in [0.2, 0.25) is 11.8 Å². The summed E-state index contributed by atoms with van der Waals surface area (Å²) in [6, 6.07) is 0. The van der Waals surface area contributed by atoms with Crippen LogP contribution in [0.2, 0.25) is 0 Å². The Hall–Kier alpha value is -0.810. The molecule has 20 heavy (non-hydrogen) atoms. The number of hydrogen-bond donors (Lipinski definition) is 2. The number of amides is 2. The summed E-state index contributed by atoms with van der Waals surface area (Å²) in [5.74, 6) is 0.0372. The molecule has 116 valence electrons. The number of piperidine rings is 1. The van der Waals surface area contributed by atoms with Gasteiger partial charge < -0.3 is 15.5 Å². The largest absolute Gasteiger partial charge is 0.345 e. The monoisotopic (exact) mass is 303 g/mol. The molecule has 0 aliphatic carbocycles. The molecule has 0 saturated carbocycles. The van der Waals surface area contributed by atoms with Crippen molar-refractivity contribution in [2.24, 2.45) is 0 Å². The van der Waals surface area contributed by atoms with Crippen LogP contribution in [0.25, 0.3) is 0 Å². The van der Waals surface area contributed by atoms with E-state index >= 15 is 0 Å². The molecule has 1 atom stereocenters. The van der Waals surface area contributed by atoms with Gasteiger partial charge in [-0.2, -0.15) is 0 Å². The second-order valence-electron chi connectivity index (χ2n) is 5.59. The van der Waals surface area contributed by atoms with Crippen LogP contribution in [0.3, 0.4) is 0 Å². The van der Waals surface area contributed by atoms with Crippen LogP contribution in [0.4, 0.5) is 0 Å². The van der Waals surface area contributed by atoms with Crippen molar-refractivity contribution < 1.29 is 9.59 Å². The molecule has 0 aromatic heterocycles. The third-order valence-corrected chi connectivity index (χ3v) is 4.39. The van der Waals surface area contributed by atoms with Crippen LogP contribution in [-0.4, -0.2) is 48.4 Å². The van der Waals surface area contributed by atoms with Crippen LogP contribution < -0.4 is 10.6 Å². The maximum Gasteiger partial charge on any atom is 0.241 e. The number of carbonyl (C=O) groups is 2. The van der Waals surface area contributed by atoms with Gasteiger partial charge >= 0.3 is 0 Å². The van der Waals surface area contributed by atoms with Crippen molar-refractivity contribution in [2.75, 3.05) is 26.2 Å². The lowest BCUT2D eigenvalue weighted by molar-refractivity contribution is -0.135. The SMILES string of the molecule is CCC1(C(=O)NCC(=O)N2CCCCC2)CCCN1.Cl. The molecule has 2 heterocycles. The summed E-state index contributed by atoms with van der Waals surface area (Å²) >= 11 is 0. The first-order chi connectivity index (χ1) is 9.18. The highest BCUT2D eigenvalue weighted by atomic mass is 35.5. The molecule has 1 unspecified atom stereocenters. The van der Waals surface area contributed by atoms with Crippen LogP contribution in [-0.2, 0) is 9.59 Å². The number of carbonyl (C=O) groups excluding carboxylic acids is 2. The van der Waals surface area contributed by atoms with Crippen molar-refractivity contribution in [1.82, 2.24) is 15.5 Å². The number of hydrogen-bond acceptors (Lipinski definition) is 3. The van der Waals surface area contributed by atoms with Gasteiger partial charge in [0, 0.05) is 13.1 Å². The lowest BCUT2D eigenvalue weighted by Gasteiger charge is -2.29. The van der Waals surface area contributed by atoms with E-state index in [9.17, 15) is 9.59 Å². The van der Waals surface area contributed by atoms with Crippen molar-refractivity contribution in [3.05, 3.63) is 0 Å². The van der Waals surface area contributed by atoms with Crippen LogP contribution >= 0.6 is 12.4 Å². The van der Waals surface area contributed by atoms with E-state index in [0.29, 0.717) is 0 Å². The molecule has 0 aromatic rings. The quantitative estimate of drug-likeness (QED) is 0.817. The Kier molecular flexibility index (Phi) is 6.76. The molecule has 0 bridgehead atoms. The van der Waals surface area contributed by atoms with E-state index in [0.717, 1.165) is 51.7 Å². The van der Waals surface area contributed by atoms with Gasteiger partial charge in [0.05, 0.1) is 12.1 Å². The molecule has 2 amide bonds. The summed E-state index contributed by atoms with van der Waals surface area (Å²) in [6.07, 6.45) is 6.05. The molecule has 2 aliphatic heterocycles. The van der Waals surface area contributed by atoms with Crippen molar-refractivity contribution in [3.8, 4) is 0 Å². The van der Waals surface area contributed by atoms with Gasteiger partial charge in [-0.3, -0.25) is 9.59 Å². The normalized spacial score (nSPS) is 25.9. The van der Waals surface area contributed by atoms with Crippen molar-refractivity contribution >= 4 is 24.2 Å². The average molecular weight is 304 g/mol. The summed E-state index contributed by atoms with van der Waals surface area (Å²) in [5, 5.41) is 6.11. The minimum absolute atomic E-state index is 0. The predicted octanol–water partition coefficient (Wildman–Crippen LogP) is 1.07. The van der Waals surface area contributed by atoms with Crippen LogP contribution in [0.5, 0.6) is 0 Å². The molecule has 2 aliphatic rings. The highest BCUT2D eigenvalue weighted by Crippen LogP contribution is 2.22. The Labute approximate surface area is 127 Å². The van der Waals surface area contributed by atoms with E-state index in [-0.39, 0.29) is 30.8 Å². The molecule has 2 N–H and O–H groups in total. The first-order valence-corrected chi connectivity index (χ1v) is 7.49. The fourth-order valence-corrected chi connectivity index (χ4v) is 3.04.